The van der Waals surface area contributed by atoms with Gasteiger partial charge in [-0.25, -0.2) is 4.39 Å². The Morgan fingerprint density at radius 1 is 1.42 bits per heavy atom. The Morgan fingerprint density at radius 2 is 2.26 bits per heavy atom. The average Bonchev–Trinajstić information content (AvgIpc) is 2.90. The lowest BCUT2D eigenvalue weighted by atomic mass is 10.2. The molecule has 2 rings (SSSR count). The fourth-order valence-electron chi connectivity index (χ4n) is 1.64. The molecule has 0 bridgehead atoms. The van der Waals surface area contributed by atoms with E-state index in [1.165, 1.54) is 10.9 Å². The Balaban J connectivity index is 2.10. The van der Waals surface area contributed by atoms with E-state index < -0.39 is 5.82 Å². The normalized spacial score (nSPS) is 10.4. The molecule has 0 unspecified atom stereocenters. The Morgan fingerprint density at radius 3 is 2.95 bits per heavy atom. The molecule has 0 aliphatic rings. The third-order valence-electron chi connectivity index (χ3n) is 2.60. The molecule has 5 heteroatoms. The van der Waals surface area contributed by atoms with Gasteiger partial charge in [-0.3, -0.25) is 0 Å². The van der Waals surface area contributed by atoms with E-state index in [4.69, 9.17) is 10.5 Å². The number of halogens is 1. The fraction of sp³-hybridized carbons (Fsp3) is 0.286. The summed E-state index contributed by atoms with van der Waals surface area (Å²) in [6, 6.07) is 6.94. The van der Waals surface area contributed by atoms with Crippen molar-refractivity contribution in [2.24, 2.45) is 0 Å². The zero-order chi connectivity index (χ0) is 13.7. The van der Waals surface area contributed by atoms with Gasteiger partial charge in [-0.15, -0.1) is 11.3 Å². The van der Waals surface area contributed by atoms with Crippen molar-refractivity contribution in [1.82, 2.24) is 0 Å². The predicted molar refractivity (Wildman–Crippen MR) is 78.2 cm³/mol. The van der Waals surface area contributed by atoms with Gasteiger partial charge in [-0.05, 0) is 17.9 Å². The van der Waals surface area contributed by atoms with Crippen LogP contribution in [0.15, 0.2) is 29.6 Å². The summed E-state index contributed by atoms with van der Waals surface area (Å²) in [5, 5.41) is 5.21. The molecular formula is C14H17FN2OS. The maximum absolute atomic E-state index is 13.6. The molecule has 2 aromatic rings. The van der Waals surface area contributed by atoms with Gasteiger partial charge in [-0.2, -0.15) is 0 Å². The minimum atomic E-state index is -0.423. The number of thiophene rings is 1. The zero-order valence-corrected chi connectivity index (χ0v) is 11.6. The van der Waals surface area contributed by atoms with E-state index in [1.54, 1.807) is 17.4 Å². The molecule has 0 saturated carbocycles. The third kappa shape index (κ3) is 3.61. The van der Waals surface area contributed by atoms with Crippen LogP contribution < -0.4 is 15.8 Å². The molecule has 1 heterocycles. The van der Waals surface area contributed by atoms with Crippen molar-refractivity contribution in [3.05, 3.63) is 40.3 Å². The lowest BCUT2D eigenvalue weighted by Gasteiger charge is -2.12. The minimum absolute atomic E-state index is 0.240. The summed E-state index contributed by atoms with van der Waals surface area (Å²) in [4.78, 5) is 1.19. The van der Waals surface area contributed by atoms with Crippen molar-refractivity contribution < 1.29 is 9.13 Å². The number of anilines is 2. The van der Waals surface area contributed by atoms with Crippen LogP contribution in [0.3, 0.4) is 0 Å². The summed E-state index contributed by atoms with van der Waals surface area (Å²) in [6.07, 6.45) is 0.835. The van der Waals surface area contributed by atoms with E-state index in [1.807, 2.05) is 24.4 Å². The third-order valence-corrected chi connectivity index (χ3v) is 3.48. The van der Waals surface area contributed by atoms with Gasteiger partial charge in [0.15, 0.2) is 11.6 Å². The highest BCUT2D eigenvalue weighted by Gasteiger charge is 2.09. The molecule has 0 radical (unpaired) electrons. The fourth-order valence-corrected chi connectivity index (χ4v) is 2.28. The predicted octanol–water partition coefficient (Wildman–Crippen LogP) is 3.87. The van der Waals surface area contributed by atoms with E-state index in [2.05, 4.69) is 5.32 Å². The molecule has 1 aromatic carbocycles. The van der Waals surface area contributed by atoms with Crippen LogP contribution in [0, 0.1) is 5.82 Å². The quantitative estimate of drug-likeness (QED) is 0.790. The van der Waals surface area contributed by atoms with Gasteiger partial charge in [0.1, 0.15) is 0 Å². The van der Waals surface area contributed by atoms with Gasteiger partial charge in [0.2, 0.25) is 0 Å². The largest absolute Gasteiger partial charge is 0.490 e. The topological polar surface area (TPSA) is 47.3 Å². The second-order valence-electron chi connectivity index (χ2n) is 4.15. The maximum Gasteiger partial charge on any atom is 0.167 e. The summed E-state index contributed by atoms with van der Waals surface area (Å²) in [7, 11) is 0. The maximum atomic E-state index is 13.6. The number of nitrogens with two attached hydrogens (primary N) is 1. The van der Waals surface area contributed by atoms with E-state index in [0.29, 0.717) is 24.5 Å². The first-order chi connectivity index (χ1) is 9.20. The van der Waals surface area contributed by atoms with Crippen LogP contribution in [0.25, 0.3) is 0 Å². The Hall–Kier alpha value is -1.75. The Labute approximate surface area is 116 Å². The van der Waals surface area contributed by atoms with Crippen molar-refractivity contribution >= 4 is 22.7 Å². The first kappa shape index (κ1) is 13.7. The van der Waals surface area contributed by atoms with Gasteiger partial charge < -0.3 is 15.8 Å². The van der Waals surface area contributed by atoms with Gasteiger partial charge in [0.05, 0.1) is 18.0 Å². The number of benzene rings is 1. The van der Waals surface area contributed by atoms with Crippen molar-refractivity contribution in [2.75, 3.05) is 17.7 Å². The number of rotatable bonds is 6. The zero-order valence-electron chi connectivity index (χ0n) is 10.8. The summed E-state index contributed by atoms with van der Waals surface area (Å²) >= 11 is 1.66. The molecule has 102 valence electrons. The highest BCUT2D eigenvalue weighted by molar-refractivity contribution is 7.09. The average molecular weight is 280 g/mol. The number of nitrogen functional groups attached to an aromatic ring is 1. The van der Waals surface area contributed by atoms with Gasteiger partial charge >= 0.3 is 0 Å². The summed E-state index contributed by atoms with van der Waals surface area (Å²) in [5.74, 6) is -0.183. The molecule has 0 aliphatic carbocycles. The molecule has 0 fully saturated rings. The van der Waals surface area contributed by atoms with Crippen molar-refractivity contribution in [3.63, 3.8) is 0 Å². The highest BCUT2D eigenvalue weighted by atomic mass is 32.1. The molecule has 0 spiro atoms. The van der Waals surface area contributed by atoms with Crippen LogP contribution in [0.1, 0.15) is 18.2 Å². The van der Waals surface area contributed by atoms with Crippen LogP contribution in [0.5, 0.6) is 5.75 Å². The number of hydrogen-bond donors (Lipinski definition) is 2. The summed E-state index contributed by atoms with van der Waals surface area (Å²) in [6.45, 7) is 3.14. The smallest absolute Gasteiger partial charge is 0.167 e. The van der Waals surface area contributed by atoms with E-state index in [0.717, 1.165) is 6.42 Å². The van der Waals surface area contributed by atoms with Gasteiger partial charge in [0.25, 0.3) is 0 Å². The van der Waals surface area contributed by atoms with Crippen LogP contribution in [0.4, 0.5) is 15.8 Å². The van der Waals surface area contributed by atoms with Crippen LogP contribution >= 0.6 is 11.3 Å². The van der Waals surface area contributed by atoms with Crippen molar-refractivity contribution in [3.8, 4) is 5.75 Å². The minimum Gasteiger partial charge on any atom is -0.490 e. The van der Waals surface area contributed by atoms with Crippen molar-refractivity contribution in [2.45, 2.75) is 19.9 Å². The summed E-state index contributed by atoms with van der Waals surface area (Å²) in [5.41, 5.74) is 6.89. The molecule has 3 nitrogen and oxygen atoms in total. The standard InChI is InChI=1S/C14H17FN2OS/c1-2-5-18-14-8-13(12(16)7-11(14)15)17-9-10-4-3-6-19-10/h3-4,6-8,17H,2,5,9,16H2,1H3. The highest BCUT2D eigenvalue weighted by Crippen LogP contribution is 2.29. The number of nitrogens with one attached hydrogen (secondary N) is 1. The second-order valence-corrected chi connectivity index (χ2v) is 5.18. The molecule has 0 aliphatic heterocycles. The monoisotopic (exact) mass is 280 g/mol. The summed E-state index contributed by atoms with van der Waals surface area (Å²) < 4.78 is 19.0. The van der Waals surface area contributed by atoms with Crippen molar-refractivity contribution in [1.29, 1.82) is 0 Å². The van der Waals surface area contributed by atoms with Crippen LogP contribution in [0.2, 0.25) is 0 Å². The van der Waals surface area contributed by atoms with Gasteiger partial charge in [-0.1, -0.05) is 13.0 Å². The van der Waals surface area contributed by atoms with E-state index in [9.17, 15) is 4.39 Å². The van der Waals surface area contributed by atoms with Gasteiger partial charge in [0, 0.05) is 23.6 Å². The molecule has 0 saturated heterocycles. The Kier molecular flexibility index (Phi) is 4.63. The Bertz CT molecular complexity index is 528. The molecule has 3 N–H and O–H groups in total. The molecular weight excluding hydrogens is 263 g/mol. The first-order valence-corrected chi connectivity index (χ1v) is 7.06. The number of ether oxygens (including phenoxy) is 1. The first-order valence-electron chi connectivity index (χ1n) is 6.18. The lowest BCUT2D eigenvalue weighted by molar-refractivity contribution is 0.301. The molecule has 0 atom stereocenters. The number of hydrogen-bond acceptors (Lipinski definition) is 4. The van der Waals surface area contributed by atoms with E-state index in [-0.39, 0.29) is 5.75 Å². The van der Waals surface area contributed by atoms with Crippen LogP contribution in [-0.2, 0) is 6.54 Å². The SMILES string of the molecule is CCCOc1cc(NCc2cccs2)c(N)cc1F. The van der Waals surface area contributed by atoms with E-state index >= 15 is 0 Å². The lowest BCUT2D eigenvalue weighted by Crippen LogP contribution is -2.04. The molecule has 1 aromatic heterocycles. The van der Waals surface area contributed by atoms with Crippen LogP contribution in [-0.4, -0.2) is 6.61 Å². The second kappa shape index (κ2) is 6.43. The molecule has 19 heavy (non-hydrogen) atoms. The molecule has 0 amide bonds.